The third kappa shape index (κ3) is 1.80. The van der Waals surface area contributed by atoms with Gasteiger partial charge >= 0.3 is 0 Å². The number of aliphatic hydroxyl groups excluding tert-OH is 1. The van der Waals surface area contributed by atoms with Gasteiger partial charge in [-0.15, -0.1) is 5.10 Å². The first kappa shape index (κ1) is 10.3. The fourth-order valence-corrected chi connectivity index (χ4v) is 1.89. The summed E-state index contributed by atoms with van der Waals surface area (Å²) in [6, 6.07) is 0. The van der Waals surface area contributed by atoms with Crippen molar-refractivity contribution in [2.24, 2.45) is 14.1 Å². The van der Waals surface area contributed by atoms with Gasteiger partial charge in [0.15, 0.2) is 4.60 Å². The van der Waals surface area contributed by atoms with E-state index in [-0.39, 0.29) is 0 Å². The first-order chi connectivity index (χ1) is 7.09. The molecule has 0 saturated carbocycles. The van der Waals surface area contributed by atoms with Crippen LogP contribution in [0, 0.1) is 0 Å². The maximum absolute atomic E-state index is 10.0. The zero-order valence-electron chi connectivity index (χ0n) is 8.29. The van der Waals surface area contributed by atoms with E-state index in [4.69, 9.17) is 0 Å². The number of aliphatic hydroxyl groups is 1. The average Bonchev–Trinajstić information content (AvgIpc) is 2.73. The van der Waals surface area contributed by atoms with Crippen LogP contribution < -0.4 is 0 Å². The minimum absolute atomic E-state index is 0.531. The molecule has 7 heteroatoms. The molecule has 2 aromatic rings. The molecular formula is C8H10BrN5O. The Labute approximate surface area is 94.7 Å². The molecule has 0 aliphatic carbocycles. The summed E-state index contributed by atoms with van der Waals surface area (Å²) < 4.78 is 3.82. The third-order valence-electron chi connectivity index (χ3n) is 2.09. The molecule has 1 unspecified atom stereocenters. The predicted molar refractivity (Wildman–Crippen MR) is 56.0 cm³/mol. The minimum atomic E-state index is -0.819. The van der Waals surface area contributed by atoms with Gasteiger partial charge in [0.2, 0.25) is 0 Å². The van der Waals surface area contributed by atoms with Gasteiger partial charge < -0.3 is 9.67 Å². The van der Waals surface area contributed by atoms with Crippen molar-refractivity contribution in [3.8, 4) is 0 Å². The van der Waals surface area contributed by atoms with Gasteiger partial charge in [-0.05, 0) is 15.9 Å². The van der Waals surface area contributed by atoms with Crippen molar-refractivity contribution in [3.05, 3.63) is 28.5 Å². The lowest BCUT2D eigenvalue weighted by atomic mass is 10.2. The van der Waals surface area contributed by atoms with Crippen LogP contribution in [0.15, 0.2) is 17.1 Å². The van der Waals surface area contributed by atoms with Crippen LogP contribution >= 0.6 is 15.9 Å². The van der Waals surface area contributed by atoms with Gasteiger partial charge in [0.05, 0.1) is 12.0 Å². The highest BCUT2D eigenvalue weighted by molar-refractivity contribution is 9.10. The fourth-order valence-electron chi connectivity index (χ4n) is 1.34. The average molecular weight is 272 g/mol. The van der Waals surface area contributed by atoms with Crippen molar-refractivity contribution < 1.29 is 5.11 Å². The minimum Gasteiger partial charge on any atom is -0.380 e. The molecule has 15 heavy (non-hydrogen) atoms. The Balaban J connectivity index is 2.40. The number of halogens is 1. The quantitative estimate of drug-likeness (QED) is 0.858. The second-order valence-electron chi connectivity index (χ2n) is 3.26. The molecule has 0 bridgehead atoms. The SMILES string of the molecule is Cn1cnc(C(O)c2c(Br)nnn2C)c1. The number of nitrogens with zero attached hydrogens (tertiary/aromatic N) is 5. The van der Waals surface area contributed by atoms with Crippen LogP contribution in [-0.4, -0.2) is 29.7 Å². The normalized spacial score (nSPS) is 13.1. The van der Waals surface area contributed by atoms with Gasteiger partial charge in [-0.25, -0.2) is 9.67 Å². The largest absolute Gasteiger partial charge is 0.380 e. The van der Waals surface area contributed by atoms with E-state index in [1.54, 1.807) is 24.1 Å². The summed E-state index contributed by atoms with van der Waals surface area (Å²) in [6.07, 6.45) is 2.57. The summed E-state index contributed by atoms with van der Waals surface area (Å²) in [5, 5.41) is 17.6. The molecule has 0 amide bonds. The number of hydrogen-bond donors (Lipinski definition) is 1. The molecule has 0 radical (unpaired) electrons. The number of hydrogen-bond acceptors (Lipinski definition) is 4. The molecule has 6 nitrogen and oxygen atoms in total. The van der Waals surface area contributed by atoms with Crippen molar-refractivity contribution in [1.29, 1.82) is 0 Å². The first-order valence-corrected chi connectivity index (χ1v) is 5.10. The van der Waals surface area contributed by atoms with Crippen LogP contribution in [0.1, 0.15) is 17.5 Å². The maximum Gasteiger partial charge on any atom is 0.154 e. The number of aromatic nitrogens is 5. The van der Waals surface area contributed by atoms with E-state index in [1.807, 2.05) is 7.05 Å². The van der Waals surface area contributed by atoms with Crippen LogP contribution in [-0.2, 0) is 14.1 Å². The van der Waals surface area contributed by atoms with Gasteiger partial charge in [-0.1, -0.05) is 5.21 Å². The zero-order chi connectivity index (χ0) is 11.0. The Morgan fingerprint density at radius 1 is 1.47 bits per heavy atom. The van der Waals surface area contributed by atoms with Crippen molar-refractivity contribution in [3.63, 3.8) is 0 Å². The van der Waals surface area contributed by atoms with E-state index in [0.717, 1.165) is 0 Å². The zero-order valence-corrected chi connectivity index (χ0v) is 9.88. The van der Waals surface area contributed by atoms with E-state index < -0.39 is 6.10 Å². The second kappa shape index (κ2) is 3.74. The predicted octanol–water partition coefficient (Wildman–Crippen LogP) is 0.393. The lowest BCUT2D eigenvalue weighted by Crippen LogP contribution is -2.07. The Kier molecular flexibility index (Phi) is 2.57. The van der Waals surface area contributed by atoms with Crippen molar-refractivity contribution >= 4 is 15.9 Å². The lowest BCUT2D eigenvalue weighted by Gasteiger charge is -2.07. The summed E-state index contributed by atoms with van der Waals surface area (Å²) in [5.74, 6) is 0. The topological polar surface area (TPSA) is 68.8 Å². The summed E-state index contributed by atoms with van der Waals surface area (Å²) >= 11 is 3.23. The summed E-state index contributed by atoms with van der Waals surface area (Å²) in [6.45, 7) is 0. The Morgan fingerprint density at radius 2 is 2.20 bits per heavy atom. The maximum atomic E-state index is 10.0. The molecule has 0 aromatic carbocycles. The standard InChI is InChI=1S/C8H10BrN5O/c1-13-3-5(10-4-13)7(15)6-8(9)11-12-14(6)2/h3-4,7,15H,1-2H3. The fraction of sp³-hybridized carbons (Fsp3) is 0.375. The molecule has 0 spiro atoms. The van der Waals surface area contributed by atoms with Crippen LogP contribution in [0.2, 0.25) is 0 Å². The second-order valence-corrected chi connectivity index (χ2v) is 4.01. The first-order valence-electron chi connectivity index (χ1n) is 4.30. The van der Waals surface area contributed by atoms with Crippen molar-refractivity contribution in [2.45, 2.75) is 6.10 Å². The molecule has 80 valence electrons. The van der Waals surface area contributed by atoms with E-state index in [2.05, 4.69) is 31.2 Å². The van der Waals surface area contributed by atoms with Crippen LogP contribution in [0.4, 0.5) is 0 Å². The highest BCUT2D eigenvalue weighted by atomic mass is 79.9. The molecule has 1 N–H and O–H groups in total. The van der Waals surface area contributed by atoms with Crippen LogP contribution in [0.25, 0.3) is 0 Å². The molecule has 1 atom stereocenters. The lowest BCUT2D eigenvalue weighted by molar-refractivity contribution is 0.204. The highest BCUT2D eigenvalue weighted by Crippen LogP contribution is 2.24. The van der Waals surface area contributed by atoms with Crippen LogP contribution in [0.5, 0.6) is 0 Å². The molecule has 0 aliphatic rings. The van der Waals surface area contributed by atoms with E-state index in [1.165, 1.54) is 4.68 Å². The summed E-state index contributed by atoms with van der Waals surface area (Å²) in [4.78, 5) is 4.08. The molecular weight excluding hydrogens is 262 g/mol. The van der Waals surface area contributed by atoms with Crippen molar-refractivity contribution in [1.82, 2.24) is 24.5 Å². The molecule has 0 fully saturated rings. The monoisotopic (exact) mass is 271 g/mol. The van der Waals surface area contributed by atoms with Crippen molar-refractivity contribution in [2.75, 3.05) is 0 Å². The molecule has 2 aromatic heterocycles. The van der Waals surface area contributed by atoms with E-state index in [9.17, 15) is 5.11 Å². The van der Waals surface area contributed by atoms with Gasteiger partial charge in [0.1, 0.15) is 11.8 Å². The van der Waals surface area contributed by atoms with E-state index in [0.29, 0.717) is 16.0 Å². The molecule has 0 saturated heterocycles. The number of aryl methyl sites for hydroxylation is 2. The number of imidazole rings is 1. The summed E-state index contributed by atoms with van der Waals surface area (Å²) in [7, 11) is 3.57. The van der Waals surface area contributed by atoms with Gasteiger partial charge in [0.25, 0.3) is 0 Å². The molecule has 2 rings (SSSR count). The molecule has 0 aliphatic heterocycles. The third-order valence-corrected chi connectivity index (χ3v) is 2.66. The van der Waals surface area contributed by atoms with Gasteiger partial charge in [-0.3, -0.25) is 0 Å². The van der Waals surface area contributed by atoms with E-state index >= 15 is 0 Å². The Hall–Kier alpha value is -1.21. The van der Waals surface area contributed by atoms with Crippen LogP contribution in [0.3, 0.4) is 0 Å². The summed E-state index contributed by atoms with van der Waals surface area (Å²) in [5.41, 5.74) is 1.16. The van der Waals surface area contributed by atoms with Gasteiger partial charge in [0, 0.05) is 20.3 Å². The van der Waals surface area contributed by atoms with Gasteiger partial charge in [-0.2, -0.15) is 0 Å². The number of rotatable bonds is 2. The Bertz CT molecular complexity index is 458. The molecule has 2 heterocycles. The smallest absolute Gasteiger partial charge is 0.154 e. The highest BCUT2D eigenvalue weighted by Gasteiger charge is 2.21. The Morgan fingerprint density at radius 3 is 2.67 bits per heavy atom.